The summed E-state index contributed by atoms with van der Waals surface area (Å²) in [4.78, 5) is 17.9. The molecule has 1 aliphatic heterocycles. The van der Waals surface area contributed by atoms with Gasteiger partial charge >= 0.3 is 0 Å². The highest BCUT2D eigenvalue weighted by atomic mass is 16.3. The first-order valence-corrected chi connectivity index (χ1v) is 10.6. The third-order valence-corrected chi connectivity index (χ3v) is 6.08. The van der Waals surface area contributed by atoms with Gasteiger partial charge in [0, 0.05) is 50.7 Å². The van der Waals surface area contributed by atoms with Gasteiger partial charge in [0.25, 0.3) is 11.3 Å². The second kappa shape index (κ2) is 7.88. The maximum atomic E-state index is 13.0. The summed E-state index contributed by atoms with van der Waals surface area (Å²) in [5.74, 6) is 0.563. The molecule has 2 aromatic heterocycles. The molecule has 5 rings (SSSR count). The van der Waals surface area contributed by atoms with Crippen LogP contribution in [0.25, 0.3) is 16.6 Å². The summed E-state index contributed by atoms with van der Waals surface area (Å²) in [5, 5.41) is 7.82. The summed E-state index contributed by atoms with van der Waals surface area (Å²) >= 11 is 0. The van der Waals surface area contributed by atoms with Crippen LogP contribution in [0.2, 0.25) is 0 Å². The Morgan fingerprint density at radius 1 is 0.800 bits per heavy atom. The first kappa shape index (κ1) is 18.8. The predicted molar refractivity (Wildman–Crippen MR) is 122 cm³/mol. The van der Waals surface area contributed by atoms with Crippen molar-refractivity contribution in [2.45, 2.75) is 13.0 Å². The van der Waals surface area contributed by atoms with E-state index in [1.807, 2.05) is 63.7 Å². The molecule has 154 valence electrons. The Morgan fingerprint density at radius 2 is 1.57 bits per heavy atom. The van der Waals surface area contributed by atoms with Crippen LogP contribution in [0.5, 0.6) is 5.75 Å². The zero-order valence-electron chi connectivity index (χ0n) is 17.0. The molecule has 0 bridgehead atoms. The van der Waals surface area contributed by atoms with Crippen LogP contribution in [-0.4, -0.2) is 51.7 Å². The normalized spacial score (nSPS) is 15.3. The Balaban J connectivity index is 1.25. The molecule has 0 amide bonds. The third-order valence-electron chi connectivity index (χ3n) is 6.08. The highest BCUT2D eigenvalue weighted by Gasteiger charge is 2.18. The topological polar surface area (TPSA) is 55.8 Å². The summed E-state index contributed by atoms with van der Waals surface area (Å²) < 4.78 is 3.92. The average molecular weight is 404 g/mol. The number of benzene rings is 2. The third kappa shape index (κ3) is 3.44. The van der Waals surface area contributed by atoms with Gasteiger partial charge in [0.05, 0.1) is 17.1 Å². The van der Waals surface area contributed by atoms with E-state index in [1.165, 1.54) is 0 Å². The maximum Gasteiger partial charge on any atom is 0.275 e. The lowest BCUT2D eigenvalue weighted by molar-refractivity contribution is 0.250. The number of para-hydroxylation sites is 2. The molecule has 1 fully saturated rings. The van der Waals surface area contributed by atoms with Crippen LogP contribution in [0, 0.1) is 0 Å². The van der Waals surface area contributed by atoms with Crippen LogP contribution in [0.1, 0.15) is 6.42 Å². The Morgan fingerprint density at radius 3 is 2.37 bits per heavy atom. The van der Waals surface area contributed by atoms with E-state index in [0.717, 1.165) is 67.9 Å². The molecular weight excluding hydrogens is 376 g/mol. The van der Waals surface area contributed by atoms with E-state index < -0.39 is 0 Å². The quantitative estimate of drug-likeness (QED) is 0.482. The highest BCUT2D eigenvalue weighted by Crippen LogP contribution is 2.21. The predicted octanol–water partition coefficient (Wildman–Crippen LogP) is 2.90. The summed E-state index contributed by atoms with van der Waals surface area (Å²) in [7, 11) is 0. The van der Waals surface area contributed by atoms with Gasteiger partial charge in [-0.1, -0.05) is 18.2 Å². The van der Waals surface area contributed by atoms with Crippen LogP contribution in [-0.2, 0) is 6.54 Å². The molecule has 0 spiro atoms. The van der Waals surface area contributed by atoms with Crippen molar-refractivity contribution in [1.29, 1.82) is 0 Å². The first-order valence-electron chi connectivity index (χ1n) is 10.6. The van der Waals surface area contributed by atoms with Crippen molar-refractivity contribution in [2.75, 3.05) is 37.6 Å². The van der Waals surface area contributed by atoms with Gasteiger partial charge in [-0.3, -0.25) is 9.69 Å². The van der Waals surface area contributed by atoms with E-state index in [1.54, 1.807) is 0 Å². The molecule has 1 aliphatic rings. The van der Waals surface area contributed by atoms with Crippen molar-refractivity contribution in [1.82, 2.24) is 13.9 Å². The number of aryl methyl sites for hydroxylation is 1. The zero-order valence-corrected chi connectivity index (χ0v) is 17.0. The van der Waals surface area contributed by atoms with Gasteiger partial charge in [0.1, 0.15) is 5.52 Å². The summed E-state index contributed by atoms with van der Waals surface area (Å²) in [6, 6.07) is 19.8. The van der Waals surface area contributed by atoms with Crippen molar-refractivity contribution < 1.29 is 5.11 Å². The fraction of sp³-hybridized carbons (Fsp3) is 0.292. The Labute approximate surface area is 175 Å². The van der Waals surface area contributed by atoms with Crippen LogP contribution < -0.4 is 10.5 Å². The van der Waals surface area contributed by atoms with Gasteiger partial charge in [0.15, 0.2) is 0 Å². The van der Waals surface area contributed by atoms with Gasteiger partial charge in [-0.05, 0) is 43.3 Å². The number of fused-ring (bicyclic) bond motifs is 3. The van der Waals surface area contributed by atoms with Gasteiger partial charge in [0.2, 0.25) is 0 Å². The van der Waals surface area contributed by atoms with Crippen molar-refractivity contribution in [2.24, 2.45) is 0 Å². The van der Waals surface area contributed by atoms with Gasteiger partial charge in [-0.15, -0.1) is 0 Å². The lowest BCUT2D eigenvalue weighted by Crippen LogP contribution is -2.46. The molecule has 30 heavy (non-hydrogen) atoms. The Bertz CT molecular complexity index is 1230. The van der Waals surface area contributed by atoms with E-state index >= 15 is 0 Å². The molecule has 0 radical (unpaired) electrons. The monoisotopic (exact) mass is 403 g/mol. The Kier molecular flexibility index (Phi) is 4.93. The van der Waals surface area contributed by atoms with E-state index in [0.29, 0.717) is 5.75 Å². The van der Waals surface area contributed by atoms with E-state index in [4.69, 9.17) is 5.11 Å². The van der Waals surface area contributed by atoms with E-state index in [9.17, 15) is 4.79 Å². The van der Waals surface area contributed by atoms with Crippen molar-refractivity contribution in [3.05, 3.63) is 77.2 Å². The smallest absolute Gasteiger partial charge is 0.275 e. The molecule has 0 saturated carbocycles. The van der Waals surface area contributed by atoms with Crippen molar-refractivity contribution in [3.63, 3.8) is 0 Å². The largest absolute Gasteiger partial charge is 0.593 e. The minimum absolute atomic E-state index is 0.0822. The fourth-order valence-corrected chi connectivity index (χ4v) is 4.52. The second-order valence-corrected chi connectivity index (χ2v) is 7.94. The van der Waals surface area contributed by atoms with E-state index in [2.05, 4.69) is 21.9 Å². The number of nitrogens with zero attached hydrogens (tertiary/aromatic N) is 4. The number of rotatable bonds is 5. The first-order chi connectivity index (χ1) is 14.7. The lowest BCUT2D eigenvalue weighted by atomic mass is 10.2. The molecule has 6 heteroatoms. The summed E-state index contributed by atoms with van der Waals surface area (Å²) in [6.07, 6.45) is 2.91. The molecule has 1 saturated heterocycles. The standard InChI is InChI=1S/C24H26N4O2/c29-20-7-3-6-19(18-20)26-16-14-25(15-17-26)11-5-13-28-22-9-2-1-8-21(22)27-12-4-10-23(27)24(28)30/h1-4,6-10,12,18,29H,5,11,13-17H2/p+1. The highest BCUT2D eigenvalue weighted by molar-refractivity contribution is 5.79. The van der Waals surface area contributed by atoms with Crippen LogP contribution in [0.4, 0.5) is 5.69 Å². The van der Waals surface area contributed by atoms with Crippen LogP contribution in [0.15, 0.2) is 71.7 Å². The molecular formula is C24H27N4O2+. The minimum Gasteiger partial charge on any atom is -0.593 e. The summed E-state index contributed by atoms with van der Waals surface area (Å²) in [6.45, 7) is 5.68. The number of hydrogen-bond acceptors (Lipinski definition) is 3. The van der Waals surface area contributed by atoms with E-state index in [-0.39, 0.29) is 5.56 Å². The number of hydrogen-bond donors (Lipinski definition) is 0. The molecule has 6 nitrogen and oxygen atoms in total. The molecule has 2 N–H and O–H groups in total. The minimum atomic E-state index is 0.0822. The number of piperazine rings is 1. The number of anilines is 1. The van der Waals surface area contributed by atoms with Crippen LogP contribution >= 0.6 is 0 Å². The fourth-order valence-electron chi connectivity index (χ4n) is 4.52. The molecule has 3 heterocycles. The van der Waals surface area contributed by atoms with Gasteiger partial charge in [-0.2, -0.15) is 0 Å². The van der Waals surface area contributed by atoms with Crippen LogP contribution in [0.3, 0.4) is 0 Å². The molecule has 0 aliphatic carbocycles. The summed E-state index contributed by atoms with van der Waals surface area (Å²) in [5.41, 5.74) is 4.02. The van der Waals surface area contributed by atoms with Crippen molar-refractivity contribution in [3.8, 4) is 5.75 Å². The second-order valence-electron chi connectivity index (χ2n) is 7.94. The number of aromatic nitrogens is 2. The Hall–Kier alpha value is -3.25. The molecule has 2 aromatic carbocycles. The van der Waals surface area contributed by atoms with Crippen molar-refractivity contribution >= 4 is 22.2 Å². The zero-order chi connectivity index (χ0) is 20.5. The molecule has 0 unspecified atom stereocenters. The van der Waals surface area contributed by atoms with Gasteiger partial charge in [-0.25, -0.2) is 0 Å². The maximum absolute atomic E-state index is 13.0. The molecule has 4 aromatic rings. The average Bonchev–Trinajstić information content (AvgIpc) is 3.27. The van der Waals surface area contributed by atoms with Gasteiger partial charge < -0.3 is 19.0 Å². The SMILES string of the molecule is O=c1c2cccn2c2ccccc2n1CCCN1CCN(c2cccc([OH2+])c2)CC1. The lowest BCUT2D eigenvalue weighted by Gasteiger charge is -2.36. The molecule has 0 atom stereocenters.